The Morgan fingerprint density at radius 2 is 2.10 bits per heavy atom. The van der Waals surface area contributed by atoms with Crippen LogP contribution in [0.15, 0.2) is 36.5 Å². The van der Waals surface area contributed by atoms with Gasteiger partial charge in [-0.15, -0.1) is 0 Å². The van der Waals surface area contributed by atoms with Crippen LogP contribution in [0.4, 0.5) is 0 Å². The van der Waals surface area contributed by atoms with E-state index in [4.69, 9.17) is 5.11 Å². The van der Waals surface area contributed by atoms with Crippen molar-refractivity contribution in [2.24, 2.45) is 0 Å². The average molecular weight is 272 g/mol. The summed E-state index contributed by atoms with van der Waals surface area (Å²) in [6.07, 6.45) is 1.66. The second-order valence-electron chi connectivity index (χ2n) is 4.44. The first-order chi connectivity index (χ1) is 9.45. The Morgan fingerprint density at radius 3 is 2.65 bits per heavy atom. The summed E-state index contributed by atoms with van der Waals surface area (Å²) >= 11 is 0. The highest BCUT2D eigenvalue weighted by molar-refractivity contribution is 5.89. The van der Waals surface area contributed by atoms with Gasteiger partial charge in [0.25, 0.3) is 0 Å². The van der Waals surface area contributed by atoms with Crippen molar-refractivity contribution in [3.63, 3.8) is 0 Å². The highest BCUT2D eigenvalue weighted by Gasteiger charge is 2.12. The lowest BCUT2D eigenvalue weighted by molar-refractivity contribution is -0.496. The molecule has 0 aliphatic rings. The maximum Gasteiger partial charge on any atom is 0.335 e. The molecule has 6 heteroatoms. The van der Waals surface area contributed by atoms with Gasteiger partial charge in [0, 0.05) is 22.2 Å². The van der Waals surface area contributed by atoms with Gasteiger partial charge in [-0.1, -0.05) is 6.07 Å². The molecule has 20 heavy (non-hydrogen) atoms. The Labute approximate surface area is 114 Å². The van der Waals surface area contributed by atoms with Crippen LogP contribution in [0.2, 0.25) is 0 Å². The van der Waals surface area contributed by atoms with Crippen molar-refractivity contribution in [2.75, 3.05) is 0 Å². The number of nitrogens with zero attached hydrogens (tertiary/aromatic N) is 2. The Balaban J connectivity index is 2.51. The first-order valence-corrected chi connectivity index (χ1v) is 5.88. The lowest BCUT2D eigenvalue weighted by Crippen LogP contribution is -2.03. The van der Waals surface area contributed by atoms with Gasteiger partial charge in [0.15, 0.2) is 0 Å². The van der Waals surface area contributed by atoms with E-state index in [1.54, 1.807) is 18.3 Å². The Hall–Kier alpha value is -2.76. The number of benzene rings is 1. The van der Waals surface area contributed by atoms with Crippen LogP contribution in [0, 0.1) is 17.0 Å². The molecule has 2 aromatic rings. The fraction of sp³-hybridized carbons (Fsp3) is 0.143. The van der Waals surface area contributed by atoms with Gasteiger partial charge in [-0.3, -0.25) is 15.1 Å². The number of aryl methyl sites for hydroxylation is 1. The van der Waals surface area contributed by atoms with E-state index in [1.165, 1.54) is 12.1 Å². The highest BCUT2D eigenvalue weighted by atomic mass is 16.6. The summed E-state index contributed by atoms with van der Waals surface area (Å²) in [5.74, 6) is -1.12. The van der Waals surface area contributed by atoms with Crippen LogP contribution in [-0.2, 0) is 6.54 Å². The predicted molar refractivity (Wildman–Crippen MR) is 72.1 cm³/mol. The second kappa shape index (κ2) is 5.48. The Bertz CT molecular complexity index is 665. The molecule has 0 amide bonds. The van der Waals surface area contributed by atoms with Crippen LogP contribution >= 0.6 is 0 Å². The van der Waals surface area contributed by atoms with Gasteiger partial charge < -0.3 is 5.11 Å². The third-order valence-corrected chi connectivity index (χ3v) is 2.76. The van der Waals surface area contributed by atoms with Gasteiger partial charge in [0.05, 0.1) is 11.3 Å². The van der Waals surface area contributed by atoms with E-state index in [9.17, 15) is 14.9 Å². The van der Waals surface area contributed by atoms with Gasteiger partial charge in [0.1, 0.15) is 0 Å². The summed E-state index contributed by atoms with van der Waals surface area (Å²) in [4.78, 5) is 25.4. The van der Waals surface area contributed by atoms with Crippen molar-refractivity contribution in [2.45, 2.75) is 13.5 Å². The van der Waals surface area contributed by atoms with Crippen LogP contribution < -0.4 is 0 Å². The standard InChI is InChI=1S/C14H12N2O4/c1-9-2-3-13(15-7-9)11-4-10(8-16(19)20)5-12(6-11)14(17)18/h2-7H,8H2,1H3,(H,17,18). The first-order valence-electron chi connectivity index (χ1n) is 5.88. The zero-order valence-corrected chi connectivity index (χ0v) is 10.7. The lowest BCUT2D eigenvalue weighted by atomic mass is 10.0. The lowest BCUT2D eigenvalue weighted by Gasteiger charge is -2.05. The van der Waals surface area contributed by atoms with E-state index in [1.807, 2.05) is 13.0 Å². The van der Waals surface area contributed by atoms with Gasteiger partial charge >= 0.3 is 5.97 Å². The maximum atomic E-state index is 11.1. The highest BCUT2D eigenvalue weighted by Crippen LogP contribution is 2.21. The van der Waals surface area contributed by atoms with Crippen LogP contribution in [0.25, 0.3) is 11.3 Å². The van der Waals surface area contributed by atoms with E-state index >= 15 is 0 Å². The molecule has 0 saturated heterocycles. The number of carboxylic acids is 1. The summed E-state index contributed by atoms with van der Waals surface area (Å²) in [7, 11) is 0. The third kappa shape index (κ3) is 3.17. The zero-order valence-electron chi connectivity index (χ0n) is 10.7. The van der Waals surface area contributed by atoms with E-state index in [2.05, 4.69) is 4.98 Å². The molecular formula is C14H12N2O4. The summed E-state index contributed by atoms with van der Waals surface area (Å²) in [5, 5.41) is 19.7. The molecule has 0 unspecified atom stereocenters. The molecule has 102 valence electrons. The zero-order chi connectivity index (χ0) is 14.7. The molecule has 1 aromatic carbocycles. The summed E-state index contributed by atoms with van der Waals surface area (Å²) in [5.41, 5.74) is 2.48. The number of hydrogen-bond donors (Lipinski definition) is 1. The molecule has 1 heterocycles. The van der Waals surface area contributed by atoms with Crippen molar-refractivity contribution in [1.82, 2.24) is 4.98 Å². The molecule has 1 aromatic heterocycles. The summed E-state index contributed by atoms with van der Waals surface area (Å²) in [6, 6.07) is 7.97. The minimum Gasteiger partial charge on any atom is -0.478 e. The van der Waals surface area contributed by atoms with Crippen molar-refractivity contribution in [3.05, 3.63) is 63.3 Å². The van der Waals surface area contributed by atoms with E-state index in [-0.39, 0.29) is 5.56 Å². The van der Waals surface area contributed by atoms with Crippen LogP contribution in [0.5, 0.6) is 0 Å². The number of pyridine rings is 1. The normalized spacial score (nSPS) is 10.2. The largest absolute Gasteiger partial charge is 0.478 e. The Morgan fingerprint density at radius 1 is 1.35 bits per heavy atom. The van der Waals surface area contributed by atoms with Crippen LogP contribution in [0.3, 0.4) is 0 Å². The number of hydrogen-bond acceptors (Lipinski definition) is 4. The van der Waals surface area contributed by atoms with E-state index < -0.39 is 17.4 Å². The Kier molecular flexibility index (Phi) is 3.74. The summed E-state index contributed by atoms with van der Waals surface area (Å²) < 4.78 is 0. The number of rotatable bonds is 4. The van der Waals surface area contributed by atoms with Gasteiger partial charge in [0.2, 0.25) is 6.54 Å². The number of aromatic nitrogens is 1. The average Bonchev–Trinajstić information content (AvgIpc) is 2.38. The minimum atomic E-state index is -1.12. The third-order valence-electron chi connectivity index (χ3n) is 2.76. The second-order valence-corrected chi connectivity index (χ2v) is 4.44. The van der Waals surface area contributed by atoms with Crippen molar-refractivity contribution in [3.8, 4) is 11.3 Å². The van der Waals surface area contributed by atoms with Gasteiger partial charge in [-0.2, -0.15) is 0 Å². The molecule has 1 N–H and O–H groups in total. The predicted octanol–water partition coefficient (Wildman–Crippen LogP) is 2.53. The topological polar surface area (TPSA) is 93.3 Å². The molecular weight excluding hydrogens is 260 g/mol. The van der Waals surface area contributed by atoms with Crippen LogP contribution in [0.1, 0.15) is 21.5 Å². The van der Waals surface area contributed by atoms with Gasteiger partial charge in [-0.25, -0.2) is 4.79 Å². The number of aromatic carboxylic acids is 1. The molecule has 0 bridgehead atoms. The molecule has 0 saturated carbocycles. The number of carbonyl (C=O) groups is 1. The monoisotopic (exact) mass is 272 g/mol. The molecule has 6 nitrogen and oxygen atoms in total. The quantitative estimate of drug-likeness (QED) is 0.681. The van der Waals surface area contributed by atoms with E-state index in [0.29, 0.717) is 16.8 Å². The van der Waals surface area contributed by atoms with E-state index in [0.717, 1.165) is 5.56 Å². The molecule has 0 spiro atoms. The van der Waals surface area contributed by atoms with Crippen molar-refractivity contribution < 1.29 is 14.8 Å². The fourth-order valence-electron chi connectivity index (χ4n) is 1.84. The fourth-order valence-corrected chi connectivity index (χ4v) is 1.84. The van der Waals surface area contributed by atoms with Crippen molar-refractivity contribution >= 4 is 5.97 Å². The number of carboxylic acid groups (broad SMARTS) is 1. The smallest absolute Gasteiger partial charge is 0.335 e. The molecule has 0 atom stereocenters. The SMILES string of the molecule is Cc1ccc(-c2cc(C[N+](=O)[O-])cc(C(=O)O)c2)nc1. The molecule has 0 radical (unpaired) electrons. The molecule has 2 rings (SSSR count). The van der Waals surface area contributed by atoms with Crippen LogP contribution in [-0.4, -0.2) is 21.0 Å². The molecule has 0 aliphatic heterocycles. The van der Waals surface area contributed by atoms with Gasteiger partial charge in [-0.05, 0) is 36.8 Å². The molecule has 0 aliphatic carbocycles. The first kappa shape index (κ1) is 13.7. The molecule has 0 fully saturated rings. The minimum absolute atomic E-state index is 0.0155. The number of nitro groups is 1. The maximum absolute atomic E-state index is 11.1. The summed E-state index contributed by atoms with van der Waals surface area (Å²) in [6.45, 7) is 1.47. The van der Waals surface area contributed by atoms with Crippen molar-refractivity contribution in [1.29, 1.82) is 0 Å².